The monoisotopic (exact) mass is 301 g/mol. The van der Waals surface area contributed by atoms with E-state index in [2.05, 4.69) is 20.3 Å². The fourth-order valence-electron chi connectivity index (χ4n) is 2.72. The summed E-state index contributed by atoms with van der Waals surface area (Å²) < 4.78 is 7.86. The number of carbonyl (C=O) groups excluding carboxylic acids is 1. The third-order valence-electron chi connectivity index (χ3n) is 3.80. The van der Waals surface area contributed by atoms with Gasteiger partial charge in [-0.25, -0.2) is 15.0 Å². The summed E-state index contributed by atoms with van der Waals surface area (Å²) in [5.74, 6) is 0.707. The lowest BCUT2D eigenvalue weighted by Crippen LogP contribution is -2.34. The van der Waals surface area contributed by atoms with Gasteiger partial charge in [0, 0.05) is 37.9 Å². The number of imidazole rings is 1. The molecule has 0 aliphatic carbocycles. The number of rotatable bonds is 4. The maximum absolute atomic E-state index is 12.6. The van der Waals surface area contributed by atoms with Crippen molar-refractivity contribution in [3.05, 3.63) is 36.7 Å². The van der Waals surface area contributed by atoms with E-state index in [0.29, 0.717) is 12.6 Å². The summed E-state index contributed by atoms with van der Waals surface area (Å²) in [6.07, 6.45) is 8.14. The summed E-state index contributed by atoms with van der Waals surface area (Å²) in [7, 11) is 0. The van der Waals surface area contributed by atoms with Crippen LogP contribution in [-0.2, 0) is 16.1 Å². The van der Waals surface area contributed by atoms with Crippen molar-refractivity contribution < 1.29 is 9.53 Å². The largest absolute Gasteiger partial charge is 0.369 e. The highest BCUT2D eigenvalue weighted by Crippen LogP contribution is 2.33. The van der Waals surface area contributed by atoms with E-state index in [4.69, 9.17) is 4.74 Å². The molecule has 1 amide bonds. The predicted molar refractivity (Wildman–Crippen MR) is 80.0 cm³/mol. The van der Waals surface area contributed by atoms with Crippen molar-refractivity contribution in [2.45, 2.75) is 32.4 Å². The SMILES string of the molecule is CCn1ccnc1[C@@H]1OCCC[C@H]1C(=O)Nc1ncccn1. The zero-order valence-corrected chi connectivity index (χ0v) is 12.5. The second-order valence-electron chi connectivity index (χ2n) is 5.17. The summed E-state index contributed by atoms with van der Waals surface area (Å²) in [5, 5.41) is 2.76. The molecule has 0 aromatic carbocycles. The fourth-order valence-corrected chi connectivity index (χ4v) is 2.72. The molecule has 2 aromatic heterocycles. The van der Waals surface area contributed by atoms with Crippen LogP contribution in [0.1, 0.15) is 31.7 Å². The van der Waals surface area contributed by atoms with Gasteiger partial charge in [0.1, 0.15) is 11.9 Å². The second kappa shape index (κ2) is 6.65. The third-order valence-corrected chi connectivity index (χ3v) is 3.80. The van der Waals surface area contributed by atoms with E-state index >= 15 is 0 Å². The lowest BCUT2D eigenvalue weighted by Gasteiger charge is -2.30. The van der Waals surface area contributed by atoms with E-state index in [1.165, 1.54) is 0 Å². The average molecular weight is 301 g/mol. The third kappa shape index (κ3) is 2.99. The number of ether oxygens (including phenoxy) is 1. The number of nitrogens with zero attached hydrogens (tertiary/aromatic N) is 4. The molecule has 7 heteroatoms. The average Bonchev–Trinajstić information content (AvgIpc) is 3.04. The highest BCUT2D eigenvalue weighted by molar-refractivity contribution is 5.91. The minimum atomic E-state index is -0.326. The van der Waals surface area contributed by atoms with E-state index in [1.807, 2.05) is 17.7 Å². The van der Waals surface area contributed by atoms with Gasteiger partial charge in [-0.1, -0.05) is 0 Å². The number of aryl methyl sites for hydroxylation is 1. The molecular weight excluding hydrogens is 282 g/mol. The maximum atomic E-state index is 12.6. The Morgan fingerprint density at radius 2 is 2.18 bits per heavy atom. The first-order valence-corrected chi connectivity index (χ1v) is 7.50. The van der Waals surface area contributed by atoms with Gasteiger partial charge in [0.25, 0.3) is 0 Å². The van der Waals surface area contributed by atoms with Crippen molar-refractivity contribution >= 4 is 11.9 Å². The van der Waals surface area contributed by atoms with Crippen molar-refractivity contribution in [3.8, 4) is 0 Å². The van der Waals surface area contributed by atoms with Crippen LogP contribution in [-0.4, -0.2) is 32.0 Å². The molecule has 0 unspecified atom stereocenters. The van der Waals surface area contributed by atoms with Gasteiger partial charge in [0.15, 0.2) is 0 Å². The van der Waals surface area contributed by atoms with Gasteiger partial charge in [-0.2, -0.15) is 0 Å². The molecule has 2 atom stereocenters. The maximum Gasteiger partial charge on any atom is 0.232 e. The van der Waals surface area contributed by atoms with E-state index in [9.17, 15) is 4.79 Å². The highest BCUT2D eigenvalue weighted by atomic mass is 16.5. The molecule has 1 N–H and O–H groups in total. The van der Waals surface area contributed by atoms with Gasteiger partial charge < -0.3 is 9.30 Å². The standard InChI is InChI=1S/C15H19N5O2/c1-2-20-9-8-16-13(20)12-11(5-3-10-22-12)14(21)19-15-17-6-4-7-18-15/h4,6-9,11-12H,2-3,5,10H2,1H3,(H,17,18,19,21)/t11-,12-/m1/s1. The van der Waals surface area contributed by atoms with Gasteiger partial charge in [-0.05, 0) is 25.8 Å². The smallest absolute Gasteiger partial charge is 0.232 e. The van der Waals surface area contributed by atoms with E-state index in [-0.39, 0.29) is 17.9 Å². The van der Waals surface area contributed by atoms with Crippen molar-refractivity contribution in [1.29, 1.82) is 0 Å². The number of amides is 1. The first-order chi connectivity index (χ1) is 10.8. The predicted octanol–water partition coefficient (Wildman–Crippen LogP) is 1.80. The molecule has 3 rings (SSSR count). The lowest BCUT2D eigenvalue weighted by atomic mass is 9.92. The van der Waals surface area contributed by atoms with Crippen LogP contribution in [0.15, 0.2) is 30.9 Å². The molecule has 7 nitrogen and oxygen atoms in total. The molecule has 2 aromatic rings. The highest BCUT2D eigenvalue weighted by Gasteiger charge is 2.35. The lowest BCUT2D eigenvalue weighted by molar-refractivity contribution is -0.130. The number of anilines is 1. The van der Waals surface area contributed by atoms with Gasteiger partial charge in [0.05, 0.1) is 5.92 Å². The molecule has 22 heavy (non-hydrogen) atoms. The Labute approximate surface area is 128 Å². The molecule has 0 spiro atoms. The van der Waals surface area contributed by atoms with Crippen molar-refractivity contribution in [2.24, 2.45) is 5.92 Å². The zero-order chi connectivity index (χ0) is 15.4. The van der Waals surface area contributed by atoms with Crippen LogP contribution < -0.4 is 5.32 Å². The first kappa shape index (κ1) is 14.6. The number of carbonyl (C=O) groups is 1. The Hall–Kier alpha value is -2.28. The van der Waals surface area contributed by atoms with Gasteiger partial charge in [0.2, 0.25) is 11.9 Å². The Kier molecular flexibility index (Phi) is 4.43. The van der Waals surface area contributed by atoms with Crippen molar-refractivity contribution in [3.63, 3.8) is 0 Å². The molecule has 3 heterocycles. The van der Waals surface area contributed by atoms with Crippen LogP contribution in [0.2, 0.25) is 0 Å². The quantitative estimate of drug-likeness (QED) is 0.931. The molecule has 116 valence electrons. The summed E-state index contributed by atoms with van der Waals surface area (Å²) in [6.45, 7) is 3.49. The van der Waals surface area contributed by atoms with Crippen LogP contribution >= 0.6 is 0 Å². The summed E-state index contributed by atoms with van der Waals surface area (Å²) in [5.41, 5.74) is 0. The first-order valence-electron chi connectivity index (χ1n) is 7.50. The van der Waals surface area contributed by atoms with Crippen molar-refractivity contribution in [2.75, 3.05) is 11.9 Å². The Morgan fingerprint density at radius 3 is 2.95 bits per heavy atom. The topological polar surface area (TPSA) is 81.9 Å². The number of hydrogen-bond acceptors (Lipinski definition) is 5. The Morgan fingerprint density at radius 1 is 1.36 bits per heavy atom. The van der Waals surface area contributed by atoms with E-state index in [0.717, 1.165) is 25.2 Å². The molecule has 0 radical (unpaired) electrons. The Bertz CT molecular complexity index is 628. The van der Waals surface area contributed by atoms with E-state index in [1.54, 1.807) is 24.7 Å². The summed E-state index contributed by atoms with van der Waals surface area (Å²) in [4.78, 5) is 25.0. The van der Waals surface area contributed by atoms with Crippen LogP contribution in [0, 0.1) is 5.92 Å². The van der Waals surface area contributed by atoms with Crippen LogP contribution in [0.5, 0.6) is 0 Å². The fraction of sp³-hybridized carbons (Fsp3) is 0.467. The van der Waals surface area contributed by atoms with Crippen LogP contribution in [0.25, 0.3) is 0 Å². The summed E-state index contributed by atoms with van der Waals surface area (Å²) in [6, 6.07) is 1.71. The normalized spacial score (nSPS) is 21.5. The van der Waals surface area contributed by atoms with Gasteiger partial charge >= 0.3 is 0 Å². The molecule has 1 saturated heterocycles. The minimum Gasteiger partial charge on any atom is -0.369 e. The molecule has 0 bridgehead atoms. The number of hydrogen-bond donors (Lipinski definition) is 1. The zero-order valence-electron chi connectivity index (χ0n) is 12.5. The Balaban J connectivity index is 1.79. The van der Waals surface area contributed by atoms with Gasteiger partial charge in [-0.15, -0.1) is 0 Å². The van der Waals surface area contributed by atoms with Crippen LogP contribution in [0.4, 0.5) is 5.95 Å². The molecular formula is C15H19N5O2. The van der Waals surface area contributed by atoms with Gasteiger partial charge in [-0.3, -0.25) is 10.1 Å². The number of aromatic nitrogens is 4. The molecule has 1 fully saturated rings. The molecule has 1 aliphatic rings. The molecule has 1 aliphatic heterocycles. The van der Waals surface area contributed by atoms with Crippen molar-refractivity contribution in [1.82, 2.24) is 19.5 Å². The van der Waals surface area contributed by atoms with E-state index < -0.39 is 0 Å². The second-order valence-corrected chi connectivity index (χ2v) is 5.17. The molecule has 0 saturated carbocycles. The minimum absolute atomic E-state index is 0.124. The van der Waals surface area contributed by atoms with Crippen LogP contribution in [0.3, 0.4) is 0 Å². The number of nitrogens with one attached hydrogen (secondary N) is 1. The summed E-state index contributed by atoms with van der Waals surface area (Å²) >= 11 is 0.